The van der Waals surface area contributed by atoms with Crippen LogP contribution in [0.3, 0.4) is 0 Å². The Balaban J connectivity index is 1.81. The molecule has 2 aromatic rings. The van der Waals surface area contributed by atoms with Crippen molar-refractivity contribution in [3.8, 4) is 11.5 Å². The summed E-state index contributed by atoms with van der Waals surface area (Å²) >= 11 is 0. The molecule has 19 heavy (non-hydrogen) atoms. The van der Waals surface area contributed by atoms with E-state index in [0.717, 1.165) is 36.5 Å². The fourth-order valence-corrected chi connectivity index (χ4v) is 1.62. The van der Waals surface area contributed by atoms with Crippen LogP contribution >= 0.6 is 0 Å². The molecule has 0 heterocycles. The maximum atomic E-state index is 5.60. The van der Waals surface area contributed by atoms with E-state index in [9.17, 15) is 0 Å². The lowest BCUT2D eigenvalue weighted by atomic mass is 10.2. The molecule has 0 unspecified atom stereocenters. The number of ether oxygens (including phenoxy) is 2. The second-order valence-corrected chi connectivity index (χ2v) is 4.32. The predicted octanol–water partition coefficient (Wildman–Crippen LogP) is 4.45. The summed E-state index contributed by atoms with van der Waals surface area (Å²) in [6, 6.07) is 17.7. The van der Waals surface area contributed by atoms with Crippen LogP contribution in [0.25, 0.3) is 0 Å². The molecule has 0 spiro atoms. The van der Waals surface area contributed by atoms with Crippen molar-refractivity contribution in [2.24, 2.45) is 0 Å². The first-order chi connectivity index (χ1) is 9.38. The van der Waals surface area contributed by atoms with Crippen molar-refractivity contribution in [1.82, 2.24) is 0 Å². The second-order valence-electron chi connectivity index (χ2n) is 4.32. The summed E-state index contributed by atoms with van der Waals surface area (Å²) in [7, 11) is 0. The summed E-state index contributed by atoms with van der Waals surface area (Å²) in [4.78, 5) is 0. The minimum Gasteiger partial charge on any atom is -0.494 e. The van der Waals surface area contributed by atoms with Gasteiger partial charge in [-0.1, -0.05) is 43.7 Å². The molecule has 2 heteroatoms. The topological polar surface area (TPSA) is 18.5 Å². The number of rotatable bonds is 7. The van der Waals surface area contributed by atoms with Gasteiger partial charge in [-0.15, -0.1) is 0 Å². The largest absolute Gasteiger partial charge is 0.494 e. The Kier molecular flexibility index (Phi) is 5.30. The first-order valence-electron chi connectivity index (χ1n) is 6.66. The van der Waals surface area contributed by atoms with Gasteiger partial charge in [0, 0.05) is 0 Å². The van der Waals surface area contributed by atoms with Crippen LogP contribution in [0.1, 0.15) is 25.3 Å². The van der Waals surface area contributed by atoms with Crippen molar-refractivity contribution in [2.45, 2.75) is 19.8 Å². The molecule has 99 valence electrons. The van der Waals surface area contributed by atoms with Crippen LogP contribution in [-0.2, 0) is 0 Å². The molecule has 0 amide bonds. The summed E-state index contributed by atoms with van der Waals surface area (Å²) in [6.45, 7) is 4.67. The Morgan fingerprint density at radius 2 is 1.58 bits per heavy atom. The van der Waals surface area contributed by atoms with E-state index in [0.29, 0.717) is 0 Å². The van der Waals surface area contributed by atoms with Crippen LogP contribution in [0.5, 0.6) is 11.5 Å². The van der Waals surface area contributed by atoms with Gasteiger partial charge in [0.2, 0.25) is 0 Å². The lowest BCUT2D eigenvalue weighted by Gasteiger charge is -2.08. The molecule has 0 N–H and O–H groups in total. The van der Waals surface area contributed by atoms with Gasteiger partial charge in [-0.2, -0.15) is 0 Å². The molecule has 0 aliphatic heterocycles. The molecule has 0 saturated heterocycles. The van der Waals surface area contributed by atoms with Crippen LogP contribution in [-0.4, -0.2) is 6.61 Å². The van der Waals surface area contributed by atoms with E-state index >= 15 is 0 Å². The highest BCUT2D eigenvalue weighted by atomic mass is 16.5. The minimum absolute atomic E-state index is 0.771. The van der Waals surface area contributed by atoms with Gasteiger partial charge in [-0.25, -0.2) is 0 Å². The first-order valence-corrected chi connectivity index (χ1v) is 6.66. The standard InChI is InChI=1S/C17H19O2/c1-2-3-13-18-16-9-11-17(12-10-16)19-14-15-7-5-4-6-8-15/h4-12,14H,2-3,13H2,1H3. The molecule has 2 rings (SSSR count). The van der Waals surface area contributed by atoms with E-state index < -0.39 is 0 Å². The summed E-state index contributed by atoms with van der Waals surface area (Å²) in [5.41, 5.74) is 1.05. The molecule has 1 radical (unpaired) electrons. The number of benzene rings is 2. The SMILES string of the molecule is CCCCOc1ccc(O[CH]c2ccccc2)cc1. The number of hydrogen-bond donors (Lipinski definition) is 0. The van der Waals surface area contributed by atoms with E-state index in [-0.39, 0.29) is 0 Å². The highest BCUT2D eigenvalue weighted by molar-refractivity contribution is 5.32. The minimum atomic E-state index is 0.771. The van der Waals surface area contributed by atoms with Crippen LogP contribution in [0.4, 0.5) is 0 Å². The van der Waals surface area contributed by atoms with Crippen molar-refractivity contribution in [3.05, 3.63) is 66.8 Å². The van der Waals surface area contributed by atoms with Crippen molar-refractivity contribution in [1.29, 1.82) is 0 Å². The zero-order valence-electron chi connectivity index (χ0n) is 11.2. The lowest BCUT2D eigenvalue weighted by molar-refractivity contribution is 0.308. The van der Waals surface area contributed by atoms with Gasteiger partial charge in [-0.3, -0.25) is 0 Å². The van der Waals surface area contributed by atoms with Gasteiger partial charge >= 0.3 is 0 Å². The lowest BCUT2D eigenvalue weighted by Crippen LogP contribution is -1.96. The number of hydrogen-bond acceptors (Lipinski definition) is 2. The van der Waals surface area contributed by atoms with Gasteiger partial charge in [0.05, 0.1) is 6.61 Å². The summed E-state index contributed by atoms with van der Waals surface area (Å²) in [5, 5.41) is 0. The molecule has 0 fully saturated rings. The normalized spacial score (nSPS) is 10.2. The highest BCUT2D eigenvalue weighted by Crippen LogP contribution is 2.19. The van der Waals surface area contributed by atoms with E-state index in [4.69, 9.17) is 9.47 Å². The Hall–Kier alpha value is -1.96. The average Bonchev–Trinajstić information content (AvgIpc) is 2.48. The van der Waals surface area contributed by atoms with Crippen molar-refractivity contribution < 1.29 is 9.47 Å². The Labute approximate surface area is 115 Å². The van der Waals surface area contributed by atoms with Crippen molar-refractivity contribution in [3.63, 3.8) is 0 Å². The molecule has 0 saturated carbocycles. The van der Waals surface area contributed by atoms with Gasteiger partial charge in [-0.05, 0) is 36.2 Å². The molecule has 2 nitrogen and oxygen atoms in total. The van der Waals surface area contributed by atoms with E-state index in [1.54, 1.807) is 6.61 Å². The molecule has 0 bridgehead atoms. The van der Waals surface area contributed by atoms with Crippen molar-refractivity contribution in [2.75, 3.05) is 6.61 Å². The zero-order chi connectivity index (χ0) is 13.3. The maximum Gasteiger partial charge on any atom is 0.165 e. The van der Waals surface area contributed by atoms with Gasteiger partial charge in [0.15, 0.2) is 6.61 Å². The third kappa shape index (κ3) is 4.66. The smallest absolute Gasteiger partial charge is 0.165 e. The van der Waals surface area contributed by atoms with E-state index in [1.807, 2.05) is 54.6 Å². The predicted molar refractivity (Wildman–Crippen MR) is 77.3 cm³/mol. The van der Waals surface area contributed by atoms with E-state index in [2.05, 4.69) is 6.92 Å². The Bertz CT molecular complexity index is 462. The molecular weight excluding hydrogens is 236 g/mol. The fraction of sp³-hybridized carbons (Fsp3) is 0.235. The molecule has 0 aromatic heterocycles. The van der Waals surface area contributed by atoms with Gasteiger partial charge < -0.3 is 9.47 Å². The van der Waals surface area contributed by atoms with Gasteiger partial charge in [0.1, 0.15) is 11.5 Å². The number of unbranched alkanes of at least 4 members (excludes halogenated alkanes) is 1. The quantitative estimate of drug-likeness (QED) is 0.680. The third-order valence-corrected chi connectivity index (χ3v) is 2.72. The third-order valence-electron chi connectivity index (χ3n) is 2.72. The van der Waals surface area contributed by atoms with Crippen LogP contribution in [0, 0.1) is 6.61 Å². The molecule has 0 aliphatic rings. The fourth-order valence-electron chi connectivity index (χ4n) is 1.62. The highest BCUT2D eigenvalue weighted by Gasteiger charge is 1.98. The van der Waals surface area contributed by atoms with Gasteiger partial charge in [0.25, 0.3) is 0 Å². The molecular formula is C17H19O2. The van der Waals surface area contributed by atoms with Crippen LogP contribution < -0.4 is 9.47 Å². The monoisotopic (exact) mass is 255 g/mol. The van der Waals surface area contributed by atoms with Crippen molar-refractivity contribution >= 4 is 0 Å². The summed E-state index contributed by atoms with van der Waals surface area (Å²) in [5.74, 6) is 1.70. The van der Waals surface area contributed by atoms with Crippen LogP contribution in [0.15, 0.2) is 54.6 Å². The Morgan fingerprint density at radius 3 is 2.26 bits per heavy atom. The first kappa shape index (κ1) is 13.5. The average molecular weight is 255 g/mol. The molecule has 0 aliphatic carbocycles. The zero-order valence-corrected chi connectivity index (χ0v) is 11.2. The van der Waals surface area contributed by atoms with E-state index in [1.165, 1.54) is 0 Å². The Morgan fingerprint density at radius 1 is 0.895 bits per heavy atom. The summed E-state index contributed by atoms with van der Waals surface area (Å²) < 4.78 is 11.2. The summed E-state index contributed by atoms with van der Waals surface area (Å²) in [6.07, 6.45) is 2.23. The molecule has 2 aromatic carbocycles. The molecule has 0 atom stereocenters. The maximum absolute atomic E-state index is 5.60. The van der Waals surface area contributed by atoms with Crippen LogP contribution in [0.2, 0.25) is 0 Å². The second kappa shape index (κ2) is 7.47.